The molecule has 0 radical (unpaired) electrons. The minimum atomic E-state index is -0.968. The van der Waals surface area contributed by atoms with Crippen molar-refractivity contribution >= 4 is 12.0 Å². The first kappa shape index (κ1) is 16.8. The van der Waals surface area contributed by atoms with Crippen LogP contribution in [0.2, 0.25) is 0 Å². The van der Waals surface area contributed by atoms with Gasteiger partial charge in [0.05, 0.1) is 5.54 Å². The van der Waals surface area contributed by atoms with Crippen LogP contribution in [0.1, 0.15) is 31.2 Å². The quantitative estimate of drug-likeness (QED) is 0.883. The van der Waals surface area contributed by atoms with Gasteiger partial charge >= 0.3 is 12.0 Å². The largest absolute Gasteiger partial charge is 0.480 e. The number of urea groups is 1. The van der Waals surface area contributed by atoms with E-state index in [0.717, 1.165) is 25.7 Å². The second kappa shape index (κ2) is 6.09. The third-order valence-corrected chi connectivity index (χ3v) is 5.68. The lowest BCUT2D eigenvalue weighted by Gasteiger charge is -2.48. The first-order valence-corrected chi connectivity index (χ1v) is 8.39. The fourth-order valence-corrected chi connectivity index (χ4v) is 4.24. The van der Waals surface area contributed by atoms with Crippen molar-refractivity contribution in [1.82, 2.24) is 15.1 Å². The van der Waals surface area contributed by atoms with Crippen molar-refractivity contribution in [3.8, 4) is 0 Å². The highest BCUT2D eigenvalue weighted by atomic mass is 16.4. The molecule has 24 heavy (non-hydrogen) atoms. The van der Waals surface area contributed by atoms with Crippen molar-refractivity contribution in [2.24, 2.45) is 0 Å². The molecule has 1 aliphatic heterocycles. The van der Waals surface area contributed by atoms with E-state index in [1.54, 1.807) is 0 Å². The summed E-state index contributed by atoms with van der Waals surface area (Å²) in [7, 11) is 4.21. The van der Waals surface area contributed by atoms with Gasteiger partial charge in [0.2, 0.25) is 0 Å². The van der Waals surface area contributed by atoms with Crippen molar-refractivity contribution in [2.75, 3.05) is 27.2 Å². The van der Waals surface area contributed by atoms with Crippen molar-refractivity contribution in [1.29, 1.82) is 0 Å². The van der Waals surface area contributed by atoms with Crippen LogP contribution in [-0.4, -0.2) is 59.6 Å². The molecule has 6 nitrogen and oxygen atoms in total. The molecule has 1 saturated heterocycles. The molecule has 1 aliphatic carbocycles. The fraction of sp³-hybridized carbons (Fsp3) is 0.556. The maximum absolute atomic E-state index is 12.1. The summed E-state index contributed by atoms with van der Waals surface area (Å²) in [6.07, 6.45) is 3.57. The summed E-state index contributed by atoms with van der Waals surface area (Å²) in [5, 5.41) is 12.0. The molecule has 0 bridgehead atoms. The van der Waals surface area contributed by atoms with Crippen LogP contribution in [0.25, 0.3) is 0 Å². The molecule has 0 unspecified atom stereocenters. The number of carbonyl (C=O) groups is 2. The SMILES string of the molecule is CN(C)[C@]1(c2ccccc2)CC[C@@]2(CC1)CN(CC(=O)O)C(=O)N2. The van der Waals surface area contributed by atoms with E-state index in [2.05, 4.69) is 48.6 Å². The van der Waals surface area contributed by atoms with Crippen LogP contribution in [0.5, 0.6) is 0 Å². The Bertz CT molecular complexity index is 622. The number of hydrogen-bond donors (Lipinski definition) is 2. The number of aliphatic carboxylic acids is 1. The van der Waals surface area contributed by atoms with E-state index in [0.29, 0.717) is 6.54 Å². The van der Waals surface area contributed by atoms with Gasteiger partial charge in [-0.15, -0.1) is 0 Å². The van der Waals surface area contributed by atoms with Gasteiger partial charge in [0.15, 0.2) is 0 Å². The second-order valence-corrected chi connectivity index (χ2v) is 7.25. The lowest BCUT2D eigenvalue weighted by Crippen LogP contribution is -2.54. The highest BCUT2D eigenvalue weighted by Gasteiger charge is 2.50. The Hall–Kier alpha value is -2.08. The van der Waals surface area contributed by atoms with Crippen LogP contribution in [0.15, 0.2) is 30.3 Å². The van der Waals surface area contributed by atoms with Gasteiger partial charge in [-0.05, 0) is 45.3 Å². The van der Waals surface area contributed by atoms with Crippen LogP contribution in [0.4, 0.5) is 4.79 Å². The maximum Gasteiger partial charge on any atom is 0.323 e. The monoisotopic (exact) mass is 331 g/mol. The summed E-state index contributed by atoms with van der Waals surface area (Å²) in [5.41, 5.74) is 0.981. The highest BCUT2D eigenvalue weighted by molar-refractivity contribution is 5.82. The normalized spacial score (nSPS) is 30.0. The van der Waals surface area contributed by atoms with Gasteiger partial charge in [0.1, 0.15) is 6.54 Å². The van der Waals surface area contributed by atoms with E-state index in [-0.39, 0.29) is 23.7 Å². The zero-order valence-electron chi connectivity index (χ0n) is 14.3. The standard InChI is InChI=1S/C18H25N3O3/c1-20(2)18(14-6-4-3-5-7-14)10-8-17(9-11-18)13-21(12-15(22)23)16(24)19-17/h3-7H,8-13H2,1-2H3,(H,19,24)(H,22,23)/t17-,18-. The number of nitrogens with zero attached hydrogens (tertiary/aromatic N) is 2. The van der Waals surface area contributed by atoms with Crippen LogP contribution >= 0.6 is 0 Å². The number of rotatable bonds is 4. The Kier molecular flexibility index (Phi) is 4.25. The first-order chi connectivity index (χ1) is 11.4. The van der Waals surface area contributed by atoms with Crippen LogP contribution in [0.3, 0.4) is 0 Å². The number of amides is 2. The minimum absolute atomic E-state index is 0.0303. The topological polar surface area (TPSA) is 72.9 Å². The van der Waals surface area contributed by atoms with Gasteiger partial charge in [-0.25, -0.2) is 4.79 Å². The Morgan fingerprint density at radius 1 is 1.21 bits per heavy atom. The van der Waals surface area contributed by atoms with Crippen molar-refractivity contribution < 1.29 is 14.7 Å². The number of carboxylic acid groups (broad SMARTS) is 1. The molecule has 2 aliphatic rings. The van der Waals surface area contributed by atoms with Gasteiger partial charge in [-0.2, -0.15) is 0 Å². The molecular weight excluding hydrogens is 306 g/mol. The van der Waals surface area contributed by atoms with Crippen molar-refractivity contribution in [3.05, 3.63) is 35.9 Å². The summed E-state index contributed by atoms with van der Waals surface area (Å²) < 4.78 is 0. The average Bonchev–Trinajstić information content (AvgIpc) is 2.84. The number of hydrogen-bond acceptors (Lipinski definition) is 3. The average molecular weight is 331 g/mol. The molecule has 2 N–H and O–H groups in total. The third-order valence-electron chi connectivity index (χ3n) is 5.68. The van der Waals surface area contributed by atoms with Gasteiger partial charge in [0, 0.05) is 12.1 Å². The zero-order valence-corrected chi connectivity index (χ0v) is 14.3. The first-order valence-electron chi connectivity index (χ1n) is 8.39. The lowest BCUT2D eigenvalue weighted by molar-refractivity contribution is -0.137. The fourth-order valence-electron chi connectivity index (χ4n) is 4.24. The number of carboxylic acids is 1. The van der Waals surface area contributed by atoms with Gasteiger partial charge < -0.3 is 15.3 Å². The molecule has 2 fully saturated rings. The zero-order chi connectivity index (χ0) is 17.4. The van der Waals surface area contributed by atoms with E-state index in [1.807, 2.05) is 6.07 Å². The highest BCUT2D eigenvalue weighted by Crippen LogP contribution is 2.45. The smallest absolute Gasteiger partial charge is 0.323 e. The molecule has 130 valence electrons. The molecule has 0 aromatic heterocycles. The second-order valence-electron chi connectivity index (χ2n) is 7.25. The Labute approximate surface area is 142 Å². The summed E-state index contributed by atoms with van der Waals surface area (Å²) in [6, 6.07) is 10.2. The summed E-state index contributed by atoms with van der Waals surface area (Å²) >= 11 is 0. The van der Waals surface area contributed by atoms with Crippen molar-refractivity contribution in [2.45, 2.75) is 36.8 Å². The number of benzene rings is 1. The predicted octanol–water partition coefficient (Wildman–Crippen LogP) is 1.87. The minimum Gasteiger partial charge on any atom is -0.480 e. The molecule has 2 amide bonds. The lowest BCUT2D eigenvalue weighted by atomic mass is 9.69. The molecule has 1 spiro atoms. The molecule has 3 rings (SSSR count). The summed E-state index contributed by atoms with van der Waals surface area (Å²) in [5.74, 6) is -0.968. The van der Waals surface area contributed by atoms with E-state index in [4.69, 9.17) is 5.11 Å². The van der Waals surface area contributed by atoms with E-state index >= 15 is 0 Å². The predicted molar refractivity (Wildman–Crippen MR) is 90.7 cm³/mol. The van der Waals surface area contributed by atoms with Crippen molar-refractivity contribution in [3.63, 3.8) is 0 Å². The molecule has 6 heteroatoms. The number of carbonyl (C=O) groups excluding carboxylic acids is 1. The molecule has 1 saturated carbocycles. The van der Waals surface area contributed by atoms with E-state index in [1.165, 1.54) is 10.5 Å². The molecular formula is C18H25N3O3. The van der Waals surface area contributed by atoms with Crippen LogP contribution < -0.4 is 5.32 Å². The third kappa shape index (κ3) is 2.86. The van der Waals surface area contributed by atoms with Gasteiger partial charge in [0.25, 0.3) is 0 Å². The number of nitrogens with one attached hydrogen (secondary N) is 1. The molecule has 1 aromatic rings. The Balaban J connectivity index is 1.77. The molecule has 1 heterocycles. The van der Waals surface area contributed by atoms with Gasteiger partial charge in [-0.3, -0.25) is 9.69 Å². The molecule has 0 atom stereocenters. The maximum atomic E-state index is 12.1. The van der Waals surface area contributed by atoms with Crippen LogP contribution in [-0.2, 0) is 10.3 Å². The Morgan fingerprint density at radius 2 is 1.83 bits per heavy atom. The summed E-state index contributed by atoms with van der Waals surface area (Å²) in [6.45, 7) is 0.252. The van der Waals surface area contributed by atoms with E-state index in [9.17, 15) is 9.59 Å². The van der Waals surface area contributed by atoms with Gasteiger partial charge in [-0.1, -0.05) is 30.3 Å². The summed E-state index contributed by atoms with van der Waals surface area (Å²) in [4.78, 5) is 26.7. The van der Waals surface area contributed by atoms with E-state index < -0.39 is 5.97 Å². The van der Waals surface area contributed by atoms with Crippen LogP contribution in [0, 0.1) is 0 Å². The molecule has 1 aromatic carbocycles. The Morgan fingerprint density at radius 3 is 2.38 bits per heavy atom.